The molecule has 2 amide bonds. The fourth-order valence-corrected chi connectivity index (χ4v) is 2.10. The monoisotopic (exact) mass is 311 g/mol. The van der Waals surface area contributed by atoms with Gasteiger partial charge in [-0.05, 0) is 25.1 Å². The van der Waals surface area contributed by atoms with Crippen molar-refractivity contribution in [3.05, 3.63) is 33.8 Å². The molecule has 0 N–H and O–H groups in total. The first kappa shape index (κ1) is 12.8. The van der Waals surface area contributed by atoms with Crippen molar-refractivity contribution in [2.24, 2.45) is 0 Å². The van der Waals surface area contributed by atoms with Crippen LogP contribution in [0.15, 0.2) is 22.7 Å². The molecule has 0 saturated carbocycles. The highest BCUT2D eigenvalue weighted by molar-refractivity contribution is 9.10. The van der Waals surface area contributed by atoms with E-state index >= 15 is 0 Å². The first-order valence-corrected chi connectivity index (χ1v) is 6.15. The Bertz CT molecular complexity index is 541. The maximum absolute atomic E-state index is 12.0. The Kier molecular flexibility index (Phi) is 3.47. The minimum absolute atomic E-state index is 0.216. The second-order valence-electron chi connectivity index (χ2n) is 3.69. The van der Waals surface area contributed by atoms with Gasteiger partial charge in [0.05, 0.1) is 17.7 Å². The molecule has 1 heterocycles. The fraction of sp³-hybridized carbons (Fsp3) is 0.250. The topological polar surface area (TPSA) is 63.7 Å². The molecule has 0 bridgehead atoms. The minimum Gasteiger partial charge on any atom is -0.465 e. The van der Waals surface area contributed by atoms with Gasteiger partial charge in [-0.2, -0.15) is 0 Å². The summed E-state index contributed by atoms with van der Waals surface area (Å²) in [5.74, 6) is -1.52. The zero-order valence-electron chi connectivity index (χ0n) is 9.60. The molecule has 0 aliphatic carbocycles. The number of nitrogens with zero attached hydrogens (tertiary/aromatic N) is 1. The zero-order chi connectivity index (χ0) is 13.3. The average Bonchev–Trinajstić information content (AvgIpc) is 2.55. The number of benzene rings is 1. The van der Waals surface area contributed by atoms with Crippen LogP contribution in [0.5, 0.6) is 0 Å². The van der Waals surface area contributed by atoms with Crippen LogP contribution >= 0.6 is 15.9 Å². The summed E-state index contributed by atoms with van der Waals surface area (Å²) in [5.41, 5.74) is 0.617. The van der Waals surface area contributed by atoms with E-state index in [-0.39, 0.29) is 13.2 Å². The Morgan fingerprint density at radius 1 is 1.28 bits per heavy atom. The van der Waals surface area contributed by atoms with Crippen molar-refractivity contribution in [1.29, 1.82) is 0 Å². The molecular weight excluding hydrogens is 302 g/mol. The van der Waals surface area contributed by atoms with Gasteiger partial charge in [-0.3, -0.25) is 19.3 Å². The van der Waals surface area contributed by atoms with Crippen LogP contribution in [0.25, 0.3) is 0 Å². The van der Waals surface area contributed by atoms with Gasteiger partial charge in [-0.25, -0.2) is 0 Å². The molecule has 0 saturated heterocycles. The Morgan fingerprint density at radius 2 is 1.94 bits per heavy atom. The van der Waals surface area contributed by atoms with Crippen molar-refractivity contribution >= 4 is 33.7 Å². The number of fused-ring (bicyclic) bond motifs is 1. The number of rotatable bonds is 3. The zero-order valence-corrected chi connectivity index (χ0v) is 11.2. The number of carbonyl (C=O) groups excluding carboxylic acids is 3. The minimum atomic E-state index is -0.592. The number of ether oxygens (including phenoxy) is 1. The highest BCUT2D eigenvalue weighted by atomic mass is 79.9. The van der Waals surface area contributed by atoms with E-state index in [4.69, 9.17) is 4.74 Å². The van der Waals surface area contributed by atoms with Gasteiger partial charge in [0.1, 0.15) is 6.54 Å². The summed E-state index contributed by atoms with van der Waals surface area (Å²) >= 11 is 3.23. The third-order valence-corrected chi connectivity index (χ3v) is 3.02. The highest BCUT2D eigenvalue weighted by Gasteiger charge is 2.36. The number of hydrogen-bond donors (Lipinski definition) is 0. The number of halogens is 1. The van der Waals surface area contributed by atoms with E-state index in [0.717, 1.165) is 4.90 Å². The Labute approximate surface area is 112 Å². The molecule has 6 heteroatoms. The summed E-state index contributed by atoms with van der Waals surface area (Å²) in [5, 5.41) is 0. The van der Waals surface area contributed by atoms with E-state index in [1.807, 2.05) is 0 Å². The van der Waals surface area contributed by atoms with E-state index < -0.39 is 17.8 Å². The van der Waals surface area contributed by atoms with Gasteiger partial charge in [0.25, 0.3) is 11.8 Å². The third kappa shape index (κ3) is 2.15. The second kappa shape index (κ2) is 4.89. The van der Waals surface area contributed by atoms with Gasteiger partial charge in [0.2, 0.25) is 0 Å². The van der Waals surface area contributed by atoms with Crippen LogP contribution in [-0.2, 0) is 9.53 Å². The molecule has 0 fully saturated rings. The lowest BCUT2D eigenvalue weighted by Crippen LogP contribution is -2.35. The van der Waals surface area contributed by atoms with Crippen molar-refractivity contribution in [2.75, 3.05) is 13.2 Å². The molecule has 0 unspecified atom stereocenters. The molecule has 18 heavy (non-hydrogen) atoms. The SMILES string of the molecule is CCOC(=O)CN1C(=O)c2ccc(Br)cc2C1=O. The lowest BCUT2D eigenvalue weighted by atomic mass is 10.1. The van der Waals surface area contributed by atoms with Gasteiger partial charge in [-0.1, -0.05) is 15.9 Å². The summed E-state index contributed by atoms with van der Waals surface area (Å²) < 4.78 is 5.44. The average molecular weight is 312 g/mol. The maximum Gasteiger partial charge on any atom is 0.326 e. The standard InChI is InChI=1S/C12H10BrNO4/c1-2-18-10(15)6-14-11(16)8-4-3-7(13)5-9(8)12(14)17/h3-5H,2,6H2,1H3. The first-order valence-electron chi connectivity index (χ1n) is 5.36. The molecule has 1 aromatic carbocycles. The number of hydrogen-bond acceptors (Lipinski definition) is 4. The van der Waals surface area contributed by atoms with Crippen molar-refractivity contribution in [3.8, 4) is 0 Å². The molecule has 1 aromatic rings. The molecule has 0 aromatic heterocycles. The lowest BCUT2D eigenvalue weighted by Gasteiger charge is -2.12. The molecular formula is C12H10BrNO4. The molecule has 5 nitrogen and oxygen atoms in total. The molecule has 0 radical (unpaired) electrons. The van der Waals surface area contributed by atoms with Crippen LogP contribution in [0.1, 0.15) is 27.6 Å². The molecule has 2 rings (SSSR count). The van der Waals surface area contributed by atoms with Gasteiger partial charge in [-0.15, -0.1) is 0 Å². The molecule has 1 aliphatic heterocycles. The van der Waals surface area contributed by atoms with Crippen molar-refractivity contribution in [3.63, 3.8) is 0 Å². The summed E-state index contributed by atoms with van der Waals surface area (Å²) in [6, 6.07) is 4.81. The molecule has 0 atom stereocenters. The number of esters is 1. The molecule has 1 aliphatic rings. The smallest absolute Gasteiger partial charge is 0.326 e. The van der Waals surface area contributed by atoms with E-state index in [1.54, 1.807) is 25.1 Å². The molecule has 94 valence electrons. The highest BCUT2D eigenvalue weighted by Crippen LogP contribution is 2.25. The van der Waals surface area contributed by atoms with E-state index in [9.17, 15) is 14.4 Å². The van der Waals surface area contributed by atoms with E-state index in [1.165, 1.54) is 0 Å². The fourth-order valence-electron chi connectivity index (χ4n) is 1.74. The van der Waals surface area contributed by atoms with Gasteiger partial charge < -0.3 is 4.74 Å². The second-order valence-corrected chi connectivity index (χ2v) is 4.61. The van der Waals surface area contributed by atoms with Crippen LogP contribution in [-0.4, -0.2) is 35.8 Å². The van der Waals surface area contributed by atoms with Gasteiger partial charge in [0, 0.05) is 4.47 Å². The Hall–Kier alpha value is -1.69. The Balaban J connectivity index is 2.26. The van der Waals surface area contributed by atoms with Crippen LogP contribution < -0.4 is 0 Å². The van der Waals surface area contributed by atoms with E-state index in [0.29, 0.717) is 15.6 Å². The van der Waals surface area contributed by atoms with Crippen LogP contribution in [0.2, 0.25) is 0 Å². The quantitative estimate of drug-likeness (QED) is 0.628. The van der Waals surface area contributed by atoms with Crippen LogP contribution in [0.4, 0.5) is 0 Å². The van der Waals surface area contributed by atoms with Crippen LogP contribution in [0.3, 0.4) is 0 Å². The summed E-state index contributed by atoms with van der Waals surface area (Å²) in [6.07, 6.45) is 0. The van der Waals surface area contributed by atoms with Gasteiger partial charge in [0.15, 0.2) is 0 Å². The summed E-state index contributed by atoms with van der Waals surface area (Å²) in [7, 11) is 0. The number of amides is 2. The summed E-state index contributed by atoms with van der Waals surface area (Å²) in [6.45, 7) is 1.53. The maximum atomic E-state index is 12.0. The lowest BCUT2D eigenvalue weighted by molar-refractivity contribution is -0.143. The van der Waals surface area contributed by atoms with Crippen molar-refractivity contribution in [1.82, 2.24) is 4.90 Å². The Morgan fingerprint density at radius 3 is 2.61 bits per heavy atom. The van der Waals surface area contributed by atoms with E-state index in [2.05, 4.69) is 15.9 Å². The first-order chi connectivity index (χ1) is 8.54. The largest absolute Gasteiger partial charge is 0.465 e. The van der Waals surface area contributed by atoms with Crippen molar-refractivity contribution < 1.29 is 19.1 Å². The number of carbonyl (C=O) groups is 3. The normalized spacial score (nSPS) is 13.8. The predicted molar refractivity (Wildman–Crippen MR) is 66.1 cm³/mol. The van der Waals surface area contributed by atoms with Crippen LogP contribution in [0, 0.1) is 0 Å². The van der Waals surface area contributed by atoms with Gasteiger partial charge >= 0.3 is 5.97 Å². The summed E-state index contributed by atoms with van der Waals surface area (Å²) in [4.78, 5) is 36.1. The van der Waals surface area contributed by atoms with Crippen molar-refractivity contribution in [2.45, 2.75) is 6.92 Å². The predicted octanol–water partition coefficient (Wildman–Crippen LogP) is 1.61. The molecule has 0 spiro atoms. The third-order valence-electron chi connectivity index (χ3n) is 2.53. The number of imide groups is 1.